The molecular weight excluding hydrogens is 168 g/mol. The van der Waals surface area contributed by atoms with Crippen LogP contribution in [0.4, 0.5) is 0 Å². The Morgan fingerprint density at radius 3 is 2.92 bits per heavy atom. The van der Waals surface area contributed by atoms with Crippen LogP contribution < -0.4 is 11.3 Å². The molecule has 1 saturated heterocycles. The summed E-state index contributed by atoms with van der Waals surface area (Å²) in [6.45, 7) is 1.88. The molecule has 1 rings (SSSR count). The maximum atomic E-state index is 5.81. The van der Waals surface area contributed by atoms with Crippen molar-refractivity contribution >= 4 is 10.2 Å². The monoisotopic (exact) mass is 188 g/mol. The number of nitrogens with two attached hydrogens (primary N) is 1. The fraction of sp³-hybridized carbons (Fsp3) is 1.00. The smallest absolute Gasteiger partial charge is 0.0486 e. The Kier molecular flexibility index (Phi) is 4.21. The zero-order valence-corrected chi connectivity index (χ0v) is 9.94. The summed E-state index contributed by atoms with van der Waals surface area (Å²) in [5.41, 5.74) is 2.68. The molecule has 3 nitrogen and oxygen atoms in total. The number of hydrogen-bond acceptors (Lipinski definition) is 3. The fourth-order valence-corrected chi connectivity index (χ4v) is 2.66. The standard InChI is InChI=1S/C8H20N2OSi/c9-10-6-3-5-8(12)4-1-2-7-11-8/h10H,1-7,9H2,12H3. The minimum atomic E-state index is 0.273. The zero-order valence-electron chi connectivity index (χ0n) is 7.94. The highest BCUT2D eigenvalue weighted by Gasteiger charge is 2.26. The molecule has 0 aliphatic carbocycles. The Balaban J connectivity index is 2.17. The molecule has 1 unspecified atom stereocenters. The Morgan fingerprint density at radius 2 is 2.33 bits per heavy atom. The van der Waals surface area contributed by atoms with E-state index in [1.807, 2.05) is 0 Å². The third-order valence-electron chi connectivity index (χ3n) is 2.58. The van der Waals surface area contributed by atoms with E-state index in [4.69, 9.17) is 10.6 Å². The van der Waals surface area contributed by atoms with Crippen LogP contribution in [0, 0.1) is 0 Å². The van der Waals surface area contributed by atoms with Crippen LogP contribution in [-0.2, 0) is 4.74 Å². The predicted molar refractivity (Wildman–Crippen MR) is 53.9 cm³/mol. The van der Waals surface area contributed by atoms with Crippen LogP contribution in [0.1, 0.15) is 32.1 Å². The second-order valence-corrected chi connectivity index (χ2v) is 5.64. The van der Waals surface area contributed by atoms with E-state index in [0.29, 0.717) is 0 Å². The second-order valence-electron chi connectivity index (χ2n) is 3.81. The molecule has 0 aromatic carbocycles. The molecule has 0 aromatic rings. The second kappa shape index (κ2) is 4.96. The van der Waals surface area contributed by atoms with Gasteiger partial charge in [0.2, 0.25) is 0 Å². The number of ether oxygens (including phenoxy) is 1. The van der Waals surface area contributed by atoms with Crippen molar-refractivity contribution in [1.82, 2.24) is 5.43 Å². The van der Waals surface area contributed by atoms with E-state index >= 15 is 0 Å². The van der Waals surface area contributed by atoms with Gasteiger partial charge in [0, 0.05) is 28.6 Å². The van der Waals surface area contributed by atoms with Gasteiger partial charge in [0.1, 0.15) is 0 Å². The summed E-state index contributed by atoms with van der Waals surface area (Å²) in [5.74, 6) is 5.21. The van der Waals surface area contributed by atoms with Crippen molar-refractivity contribution in [2.45, 2.75) is 37.3 Å². The van der Waals surface area contributed by atoms with Gasteiger partial charge in [0.05, 0.1) is 0 Å². The zero-order chi connectivity index (χ0) is 8.86. The number of hydrogen-bond donors (Lipinski definition) is 2. The maximum Gasteiger partial charge on any atom is 0.0486 e. The van der Waals surface area contributed by atoms with E-state index in [1.165, 1.54) is 25.7 Å². The van der Waals surface area contributed by atoms with Crippen LogP contribution in [0.25, 0.3) is 0 Å². The molecular formula is C8H20N2OSi. The van der Waals surface area contributed by atoms with Crippen molar-refractivity contribution in [3.8, 4) is 0 Å². The fourth-order valence-electron chi connectivity index (χ4n) is 1.75. The van der Waals surface area contributed by atoms with E-state index in [-0.39, 0.29) is 5.22 Å². The first-order chi connectivity index (χ1) is 5.77. The molecule has 0 saturated carbocycles. The van der Waals surface area contributed by atoms with E-state index in [9.17, 15) is 0 Å². The van der Waals surface area contributed by atoms with Gasteiger partial charge in [-0.05, 0) is 32.1 Å². The van der Waals surface area contributed by atoms with Gasteiger partial charge < -0.3 is 4.74 Å². The van der Waals surface area contributed by atoms with Crippen LogP contribution in [0.15, 0.2) is 0 Å². The predicted octanol–water partition coefficient (Wildman–Crippen LogP) is -0.508. The molecule has 72 valence electrons. The summed E-state index contributed by atoms with van der Waals surface area (Å²) in [6.07, 6.45) is 6.19. The summed E-state index contributed by atoms with van der Waals surface area (Å²) in [7, 11) is 1.16. The molecule has 1 atom stereocenters. The highest BCUT2D eigenvalue weighted by molar-refractivity contribution is 6.14. The first-order valence-electron chi connectivity index (χ1n) is 4.84. The summed E-state index contributed by atoms with van der Waals surface area (Å²) in [6, 6.07) is 0. The van der Waals surface area contributed by atoms with Gasteiger partial charge in [-0.3, -0.25) is 11.3 Å². The Hall–Kier alpha value is 0.0969. The lowest BCUT2D eigenvalue weighted by atomic mass is 10.0. The summed E-state index contributed by atoms with van der Waals surface area (Å²) in [4.78, 5) is 0. The molecule has 12 heavy (non-hydrogen) atoms. The largest absolute Gasteiger partial charge is 0.380 e. The molecule has 1 fully saturated rings. The minimum Gasteiger partial charge on any atom is -0.380 e. The lowest BCUT2D eigenvalue weighted by molar-refractivity contribution is -0.0235. The number of nitrogens with one attached hydrogen (secondary N) is 1. The van der Waals surface area contributed by atoms with E-state index in [1.54, 1.807) is 0 Å². The van der Waals surface area contributed by atoms with Crippen LogP contribution in [0.5, 0.6) is 0 Å². The van der Waals surface area contributed by atoms with Crippen molar-refractivity contribution in [2.75, 3.05) is 13.2 Å². The molecule has 4 heteroatoms. The van der Waals surface area contributed by atoms with Crippen LogP contribution >= 0.6 is 0 Å². The van der Waals surface area contributed by atoms with Gasteiger partial charge in [0.25, 0.3) is 0 Å². The highest BCUT2D eigenvalue weighted by Crippen LogP contribution is 2.25. The molecule has 3 N–H and O–H groups in total. The SMILES string of the molecule is NNCCCC1([SiH3])CCCCO1. The summed E-state index contributed by atoms with van der Waals surface area (Å²) < 4.78 is 5.81. The molecule has 0 amide bonds. The van der Waals surface area contributed by atoms with Crippen molar-refractivity contribution < 1.29 is 4.74 Å². The Morgan fingerprint density at radius 1 is 1.50 bits per heavy atom. The van der Waals surface area contributed by atoms with Crippen molar-refractivity contribution in [3.05, 3.63) is 0 Å². The first kappa shape index (κ1) is 10.2. The topological polar surface area (TPSA) is 47.3 Å². The molecule has 1 aliphatic heterocycles. The van der Waals surface area contributed by atoms with E-state index in [2.05, 4.69) is 5.43 Å². The van der Waals surface area contributed by atoms with Gasteiger partial charge in [-0.1, -0.05) is 0 Å². The highest BCUT2D eigenvalue weighted by atomic mass is 28.1. The van der Waals surface area contributed by atoms with Crippen LogP contribution in [0.2, 0.25) is 0 Å². The third-order valence-corrected chi connectivity index (χ3v) is 3.87. The molecule has 1 aliphatic rings. The van der Waals surface area contributed by atoms with Gasteiger partial charge in [0.15, 0.2) is 0 Å². The minimum absolute atomic E-state index is 0.273. The summed E-state index contributed by atoms with van der Waals surface area (Å²) in [5, 5.41) is 0.273. The molecule has 1 heterocycles. The van der Waals surface area contributed by atoms with Gasteiger partial charge in [-0.15, -0.1) is 0 Å². The normalized spacial score (nSPS) is 30.8. The molecule has 0 radical (unpaired) electrons. The van der Waals surface area contributed by atoms with Crippen molar-refractivity contribution in [3.63, 3.8) is 0 Å². The van der Waals surface area contributed by atoms with Gasteiger partial charge in [-0.25, -0.2) is 0 Å². The molecule has 0 bridgehead atoms. The lowest BCUT2D eigenvalue weighted by Crippen LogP contribution is -2.37. The average molecular weight is 188 g/mol. The Labute approximate surface area is 77.4 Å². The molecule has 0 aromatic heterocycles. The quantitative estimate of drug-likeness (QED) is 0.270. The summed E-state index contributed by atoms with van der Waals surface area (Å²) >= 11 is 0. The van der Waals surface area contributed by atoms with Crippen molar-refractivity contribution in [1.29, 1.82) is 0 Å². The van der Waals surface area contributed by atoms with Crippen LogP contribution in [0.3, 0.4) is 0 Å². The van der Waals surface area contributed by atoms with E-state index < -0.39 is 0 Å². The van der Waals surface area contributed by atoms with Crippen molar-refractivity contribution in [2.24, 2.45) is 5.84 Å². The molecule has 0 spiro atoms. The van der Waals surface area contributed by atoms with Crippen LogP contribution in [-0.4, -0.2) is 28.6 Å². The third kappa shape index (κ3) is 3.22. The Bertz CT molecular complexity index is 126. The number of rotatable bonds is 4. The average Bonchev–Trinajstić information content (AvgIpc) is 2.06. The van der Waals surface area contributed by atoms with Gasteiger partial charge >= 0.3 is 0 Å². The maximum absolute atomic E-state index is 5.81. The lowest BCUT2D eigenvalue weighted by Gasteiger charge is -2.34. The first-order valence-corrected chi connectivity index (χ1v) is 5.84. The van der Waals surface area contributed by atoms with E-state index in [0.717, 1.165) is 29.8 Å². The number of hydrazine groups is 1. The van der Waals surface area contributed by atoms with Gasteiger partial charge in [-0.2, -0.15) is 0 Å².